The van der Waals surface area contributed by atoms with Gasteiger partial charge in [-0.2, -0.15) is 5.10 Å². The topological polar surface area (TPSA) is 92.2 Å². The van der Waals surface area contributed by atoms with E-state index in [1.807, 2.05) is 31.1 Å². The Labute approximate surface area is 161 Å². The summed E-state index contributed by atoms with van der Waals surface area (Å²) in [4.78, 5) is 30.1. The Morgan fingerprint density at radius 2 is 1.75 bits per heavy atom. The van der Waals surface area contributed by atoms with E-state index in [1.165, 1.54) is 35.4 Å². The maximum Gasteiger partial charge on any atom is 0.314 e. The highest BCUT2D eigenvalue weighted by Gasteiger charge is 2.16. The number of halogens is 1. The number of hydrogen-bond donors (Lipinski definition) is 2. The molecule has 2 N–H and O–H groups in total. The van der Waals surface area contributed by atoms with Crippen LogP contribution < -0.4 is 10.6 Å². The van der Waals surface area contributed by atoms with E-state index in [4.69, 9.17) is 0 Å². The van der Waals surface area contributed by atoms with E-state index in [0.717, 1.165) is 12.1 Å². The standard InChI is InChI=1S/C19H19FN6O2/c1-25(2)11-13-5-7-14(8-6-13)23-18(27)19(28)24-15-10-22-26(12-15)17-16(20)4-3-9-21-17/h3-10,12H,11H2,1-2H3,(H,23,27)(H,24,28). The Morgan fingerprint density at radius 1 is 1.07 bits per heavy atom. The van der Waals surface area contributed by atoms with Crippen molar-refractivity contribution in [1.29, 1.82) is 0 Å². The predicted molar refractivity (Wildman–Crippen MR) is 102 cm³/mol. The fourth-order valence-corrected chi connectivity index (χ4v) is 2.48. The maximum atomic E-state index is 13.7. The molecule has 0 aliphatic heterocycles. The number of aromatic nitrogens is 3. The number of benzene rings is 1. The van der Waals surface area contributed by atoms with Crippen LogP contribution in [-0.2, 0) is 16.1 Å². The second kappa shape index (κ2) is 8.40. The normalized spacial score (nSPS) is 10.7. The third-order valence-corrected chi connectivity index (χ3v) is 3.71. The van der Waals surface area contributed by atoms with Crippen LogP contribution in [0.2, 0.25) is 0 Å². The van der Waals surface area contributed by atoms with Crippen molar-refractivity contribution in [3.8, 4) is 5.82 Å². The summed E-state index contributed by atoms with van der Waals surface area (Å²) in [5.74, 6) is -2.25. The summed E-state index contributed by atoms with van der Waals surface area (Å²) in [7, 11) is 3.93. The summed E-state index contributed by atoms with van der Waals surface area (Å²) >= 11 is 0. The van der Waals surface area contributed by atoms with Crippen LogP contribution in [0.15, 0.2) is 55.0 Å². The molecule has 3 rings (SSSR count). The van der Waals surface area contributed by atoms with Gasteiger partial charge in [-0.05, 0) is 43.9 Å². The molecule has 0 spiro atoms. The molecule has 0 saturated carbocycles. The van der Waals surface area contributed by atoms with Crippen molar-refractivity contribution < 1.29 is 14.0 Å². The fraction of sp³-hybridized carbons (Fsp3) is 0.158. The number of carbonyl (C=O) groups excluding carboxylic acids is 2. The van der Waals surface area contributed by atoms with Crippen molar-refractivity contribution in [2.24, 2.45) is 0 Å². The Hall–Kier alpha value is -3.59. The first-order valence-corrected chi connectivity index (χ1v) is 8.44. The summed E-state index contributed by atoms with van der Waals surface area (Å²) < 4.78 is 14.9. The quantitative estimate of drug-likeness (QED) is 0.659. The zero-order valence-electron chi connectivity index (χ0n) is 15.4. The van der Waals surface area contributed by atoms with E-state index in [9.17, 15) is 14.0 Å². The van der Waals surface area contributed by atoms with Crippen LogP contribution in [0.4, 0.5) is 15.8 Å². The zero-order chi connectivity index (χ0) is 20.1. The van der Waals surface area contributed by atoms with Crippen LogP contribution in [0, 0.1) is 5.82 Å². The molecule has 0 bridgehead atoms. The number of carbonyl (C=O) groups is 2. The SMILES string of the molecule is CN(C)Cc1ccc(NC(=O)C(=O)Nc2cnn(-c3ncccc3F)c2)cc1. The van der Waals surface area contributed by atoms with Crippen LogP contribution in [0.25, 0.3) is 5.82 Å². The first-order chi connectivity index (χ1) is 13.4. The highest BCUT2D eigenvalue weighted by atomic mass is 19.1. The molecule has 0 atom stereocenters. The van der Waals surface area contributed by atoms with Crippen molar-refractivity contribution in [2.75, 3.05) is 24.7 Å². The molecule has 28 heavy (non-hydrogen) atoms. The molecule has 2 heterocycles. The average Bonchev–Trinajstić information content (AvgIpc) is 3.11. The van der Waals surface area contributed by atoms with Gasteiger partial charge in [-0.25, -0.2) is 14.1 Å². The van der Waals surface area contributed by atoms with Gasteiger partial charge in [0.25, 0.3) is 0 Å². The second-order valence-corrected chi connectivity index (χ2v) is 6.33. The molecule has 0 radical (unpaired) electrons. The van der Waals surface area contributed by atoms with Gasteiger partial charge < -0.3 is 15.5 Å². The predicted octanol–water partition coefficient (Wildman–Crippen LogP) is 2.05. The average molecular weight is 382 g/mol. The molecule has 0 aliphatic carbocycles. The molecule has 0 fully saturated rings. The van der Waals surface area contributed by atoms with Crippen LogP contribution in [0.5, 0.6) is 0 Å². The maximum absolute atomic E-state index is 13.7. The van der Waals surface area contributed by atoms with Gasteiger partial charge in [0.2, 0.25) is 0 Å². The molecule has 2 amide bonds. The van der Waals surface area contributed by atoms with Crippen molar-refractivity contribution in [2.45, 2.75) is 6.54 Å². The van der Waals surface area contributed by atoms with Crippen LogP contribution in [-0.4, -0.2) is 45.6 Å². The molecule has 9 heteroatoms. The van der Waals surface area contributed by atoms with Gasteiger partial charge in [0.15, 0.2) is 11.6 Å². The summed E-state index contributed by atoms with van der Waals surface area (Å²) in [6.45, 7) is 0.773. The minimum Gasteiger partial charge on any atom is -0.318 e. The molecule has 0 unspecified atom stereocenters. The van der Waals surface area contributed by atoms with Crippen molar-refractivity contribution >= 4 is 23.2 Å². The minimum atomic E-state index is -0.863. The molecule has 0 saturated heterocycles. The third kappa shape index (κ3) is 4.77. The molecule has 3 aromatic rings. The van der Waals surface area contributed by atoms with Gasteiger partial charge >= 0.3 is 11.8 Å². The highest BCUT2D eigenvalue weighted by molar-refractivity contribution is 6.43. The lowest BCUT2D eigenvalue weighted by atomic mass is 10.2. The number of rotatable bonds is 5. The first-order valence-electron chi connectivity index (χ1n) is 8.44. The van der Waals surface area contributed by atoms with Gasteiger partial charge in [0, 0.05) is 18.4 Å². The van der Waals surface area contributed by atoms with E-state index in [1.54, 1.807) is 12.1 Å². The lowest BCUT2D eigenvalue weighted by Gasteiger charge is -2.10. The number of amides is 2. The van der Waals surface area contributed by atoms with Crippen LogP contribution >= 0.6 is 0 Å². The lowest BCUT2D eigenvalue weighted by molar-refractivity contribution is -0.132. The van der Waals surface area contributed by atoms with Crippen LogP contribution in [0.1, 0.15) is 5.56 Å². The monoisotopic (exact) mass is 382 g/mol. The van der Waals surface area contributed by atoms with E-state index in [-0.39, 0.29) is 11.5 Å². The lowest BCUT2D eigenvalue weighted by Crippen LogP contribution is -2.28. The molecule has 1 aromatic carbocycles. The van der Waals surface area contributed by atoms with Gasteiger partial charge in [0.1, 0.15) is 0 Å². The molecule has 2 aromatic heterocycles. The van der Waals surface area contributed by atoms with Crippen molar-refractivity contribution in [3.05, 3.63) is 66.4 Å². The number of nitrogens with one attached hydrogen (secondary N) is 2. The molecule has 0 aliphatic rings. The highest BCUT2D eigenvalue weighted by Crippen LogP contribution is 2.13. The minimum absolute atomic E-state index is 0.00901. The molecule has 144 valence electrons. The van der Waals surface area contributed by atoms with Gasteiger partial charge in [0.05, 0.1) is 18.1 Å². The van der Waals surface area contributed by atoms with Gasteiger partial charge in [-0.15, -0.1) is 0 Å². The smallest absolute Gasteiger partial charge is 0.314 e. The van der Waals surface area contributed by atoms with Crippen molar-refractivity contribution in [1.82, 2.24) is 19.7 Å². The summed E-state index contributed by atoms with van der Waals surface area (Å²) in [5, 5.41) is 8.88. The first kappa shape index (κ1) is 19.2. The van der Waals surface area contributed by atoms with Gasteiger partial charge in [-0.3, -0.25) is 9.59 Å². The second-order valence-electron chi connectivity index (χ2n) is 6.33. The largest absolute Gasteiger partial charge is 0.318 e. The van der Waals surface area contributed by atoms with Crippen molar-refractivity contribution in [3.63, 3.8) is 0 Å². The molecular weight excluding hydrogens is 363 g/mol. The van der Waals surface area contributed by atoms with Crippen LogP contribution in [0.3, 0.4) is 0 Å². The van der Waals surface area contributed by atoms with Gasteiger partial charge in [-0.1, -0.05) is 12.1 Å². The van der Waals surface area contributed by atoms with E-state index >= 15 is 0 Å². The Bertz CT molecular complexity index is 984. The summed E-state index contributed by atoms with van der Waals surface area (Å²) in [5.41, 5.74) is 1.84. The molecule has 8 nitrogen and oxygen atoms in total. The zero-order valence-corrected chi connectivity index (χ0v) is 15.4. The number of pyridine rings is 1. The van der Waals surface area contributed by atoms with E-state index in [0.29, 0.717) is 5.69 Å². The number of hydrogen-bond acceptors (Lipinski definition) is 5. The Kier molecular flexibility index (Phi) is 5.75. The molecular formula is C19H19FN6O2. The fourth-order valence-electron chi connectivity index (χ4n) is 2.48. The van der Waals surface area contributed by atoms with E-state index in [2.05, 4.69) is 20.7 Å². The summed E-state index contributed by atoms with van der Waals surface area (Å²) in [6, 6.07) is 9.91. The third-order valence-electron chi connectivity index (χ3n) is 3.71. The summed E-state index contributed by atoms with van der Waals surface area (Å²) in [6.07, 6.45) is 4.09. The Morgan fingerprint density at radius 3 is 2.39 bits per heavy atom. The number of anilines is 2. The van der Waals surface area contributed by atoms with E-state index < -0.39 is 17.6 Å². The number of nitrogens with zero attached hydrogens (tertiary/aromatic N) is 4. The Balaban J connectivity index is 1.60.